The van der Waals surface area contributed by atoms with Crippen LogP contribution in [-0.2, 0) is 21.2 Å². The molecule has 1 unspecified atom stereocenters. The van der Waals surface area contributed by atoms with Crippen molar-refractivity contribution in [2.75, 3.05) is 20.1 Å². The van der Waals surface area contributed by atoms with Gasteiger partial charge in [-0.2, -0.15) is 4.31 Å². The van der Waals surface area contributed by atoms with Crippen LogP contribution >= 0.6 is 0 Å². The number of likely N-dealkylation sites (tertiary alicyclic amines) is 1. The predicted octanol–water partition coefficient (Wildman–Crippen LogP) is 3.16. The second-order valence-electron chi connectivity index (χ2n) is 7.58. The number of nitrogens with zero attached hydrogens (tertiary/aromatic N) is 2. The van der Waals surface area contributed by atoms with Crippen molar-refractivity contribution in [1.29, 1.82) is 0 Å². The average molecular weight is 401 g/mol. The molecule has 1 heterocycles. The maximum absolute atomic E-state index is 12.9. The summed E-state index contributed by atoms with van der Waals surface area (Å²) in [7, 11) is -2.22. The Labute approximate surface area is 168 Å². The van der Waals surface area contributed by atoms with E-state index < -0.39 is 10.0 Å². The van der Waals surface area contributed by atoms with Gasteiger partial charge < -0.3 is 4.90 Å². The first-order valence-corrected chi connectivity index (χ1v) is 11.1. The zero-order valence-corrected chi connectivity index (χ0v) is 17.6. The fraction of sp³-hybridized carbons (Fsp3) is 0.409. The monoisotopic (exact) mass is 400 g/mol. The zero-order valence-electron chi connectivity index (χ0n) is 16.8. The summed E-state index contributed by atoms with van der Waals surface area (Å²) in [5.74, 6) is -0.131. The average Bonchev–Trinajstić information content (AvgIpc) is 3.12. The molecule has 0 radical (unpaired) electrons. The standard InChI is InChI=1S/C22H28N2O3S/c1-17-11-12-21(14-18(17)2)28(26,27)23(3)16-22(25)24-13-7-10-20(24)15-19-8-5-4-6-9-19/h4-6,8-9,11-12,14,20H,7,10,13,15-16H2,1-3H3. The second kappa shape index (κ2) is 8.45. The van der Waals surface area contributed by atoms with Gasteiger partial charge in [-0.15, -0.1) is 0 Å². The van der Waals surface area contributed by atoms with Crippen molar-refractivity contribution in [2.45, 2.75) is 44.0 Å². The van der Waals surface area contributed by atoms with Crippen molar-refractivity contribution < 1.29 is 13.2 Å². The second-order valence-corrected chi connectivity index (χ2v) is 9.62. The lowest BCUT2D eigenvalue weighted by molar-refractivity contribution is -0.132. The van der Waals surface area contributed by atoms with Crippen molar-refractivity contribution in [3.8, 4) is 0 Å². The van der Waals surface area contributed by atoms with Crippen LogP contribution in [0.25, 0.3) is 0 Å². The smallest absolute Gasteiger partial charge is 0.243 e. The van der Waals surface area contributed by atoms with Gasteiger partial charge in [-0.3, -0.25) is 4.79 Å². The van der Waals surface area contributed by atoms with E-state index in [2.05, 4.69) is 12.1 Å². The Morgan fingerprint density at radius 2 is 1.82 bits per heavy atom. The Bertz CT molecular complexity index is 942. The first-order chi connectivity index (χ1) is 13.3. The van der Waals surface area contributed by atoms with Crippen LogP contribution in [0.5, 0.6) is 0 Å². The zero-order chi connectivity index (χ0) is 20.3. The lowest BCUT2D eigenvalue weighted by atomic mass is 10.0. The number of carbonyl (C=O) groups excluding carboxylic acids is 1. The number of aryl methyl sites for hydroxylation is 2. The Morgan fingerprint density at radius 1 is 1.11 bits per heavy atom. The molecule has 3 rings (SSSR count). The number of carbonyl (C=O) groups is 1. The highest BCUT2D eigenvalue weighted by Crippen LogP contribution is 2.23. The fourth-order valence-electron chi connectivity index (χ4n) is 3.68. The third kappa shape index (κ3) is 4.45. The van der Waals surface area contributed by atoms with Gasteiger partial charge in [0.05, 0.1) is 11.4 Å². The Balaban J connectivity index is 1.69. The Hall–Kier alpha value is -2.18. The third-order valence-corrected chi connectivity index (χ3v) is 7.36. The molecule has 150 valence electrons. The van der Waals surface area contributed by atoms with Crippen LogP contribution < -0.4 is 0 Å². The molecule has 0 N–H and O–H groups in total. The summed E-state index contributed by atoms with van der Waals surface area (Å²) >= 11 is 0. The normalized spacial score (nSPS) is 17.3. The van der Waals surface area contributed by atoms with Crippen molar-refractivity contribution >= 4 is 15.9 Å². The highest BCUT2D eigenvalue weighted by atomic mass is 32.2. The molecule has 1 aliphatic heterocycles. The largest absolute Gasteiger partial charge is 0.338 e. The van der Waals surface area contributed by atoms with Gasteiger partial charge in [-0.1, -0.05) is 36.4 Å². The molecule has 0 aliphatic carbocycles. The molecular formula is C22H28N2O3S. The summed E-state index contributed by atoms with van der Waals surface area (Å²) in [4.78, 5) is 15.0. The van der Waals surface area contributed by atoms with Crippen LogP contribution in [0.4, 0.5) is 0 Å². The van der Waals surface area contributed by atoms with Gasteiger partial charge in [0.2, 0.25) is 15.9 Å². The minimum Gasteiger partial charge on any atom is -0.338 e. The first kappa shape index (κ1) is 20.6. The summed E-state index contributed by atoms with van der Waals surface area (Å²) in [6.45, 7) is 4.38. The van der Waals surface area contributed by atoms with E-state index in [9.17, 15) is 13.2 Å². The van der Waals surface area contributed by atoms with E-state index in [-0.39, 0.29) is 23.4 Å². The van der Waals surface area contributed by atoms with E-state index in [0.717, 1.165) is 34.7 Å². The van der Waals surface area contributed by atoms with Crippen molar-refractivity contribution in [3.05, 3.63) is 65.2 Å². The van der Waals surface area contributed by atoms with Crippen molar-refractivity contribution in [3.63, 3.8) is 0 Å². The summed E-state index contributed by atoms with van der Waals surface area (Å²) in [5.41, 5.74) is 3.16. The van der Waals surface area contributed by atoms with Gasteiger partial charge in [0.25, 0.3) is 0 Å². The molecule has 1 amide bonds. The molecule has 1 fully saturated rings. The quantitative estimate of drug-likeness (QED) is 0.748. The third-order valence-electron chi connectivity index (χ3n) is 5.56. The van der Waals surface area contributed by atoms with Gasteiger partial charge in [-0.05, 0) is 61.9 Å². The maximum Gasteiger partial charge on any atom is 0.243 e. The van der Waals surface area contributed by atoms with Crippen LogP contribution in [0.1, 0.15) is 29.5 Å². The molecular weight excluding hydrogens is 372 g/mol. The van der Waals surface area contributed by atoms with Crippen molar-refractivity contribution in [2.24, 2.45) is 0 Å². The van der Waals surface area contributed by atoms with E-state index in [0.29, 0.717) is 6.54 Å². The van der Waals surface area contributed by atoms with Gasteiger partial charge in [0.15, 0.2) is 0 Å². The van der Waals surface area contributed by atoms with Crippen LogP contribution in [-0.4, -0.2) is 49.7 Å². The number of amides is 1. The Kier molecular flexibility index (Phi) is 6.20. The molecule has 0 saturated carbocycles. The first-order valence-electron chi connectivity index (χ1n) is 9.66. The van der Waals surface area contributed by atoms with Gasteiger partial charge in [-0.25, -0.2) is 8.42 Å². The lowest BCUT2D eigenvalue weighted by Gasteiger charge is -2.27. The number of benzene rings is 2. The van der Waals surface area contributed by atoms with Crippen molar-refractivity contribution in [1.82, 2.24) is 9.21 Å². The number of hydrogen-bond acceptors (Lipinski definition) is 3. The molecule has 2 aromatic carbocycles. The summed E-state index contributed by atoms with van der Waals surface area (Å²) < 4.78 is 26.9. The Morgan fingerprint density at radius 3 is 2.50 bits per heavy atom. The van der Waals surface area contributed by atoms with E-state index >= 15 is 0 Å². The molecule has 6 heteroatoms. The molecule has 2 aromatic rings. The molecule has 0 aromatic heterocycles. The molecule has 0 spiro atoms. The molecule has 5 nitrogen and oxygen atoms in total. The molecule has 0 bridgehead atoms. The fourth-order valence-corrected chi connectivity index (χ4v) is 4.89. The maximum atomic E-state index is 12.9. The van der Waals surface area contributed by atoms with E-state index in [1.165, 1.54) is 12.6 Å². The molecule has 1 aliphatic rings. The van der Waals surface area contributed by atoms with Gasteiger partial charge in [0.1, 0.15) is 0 Å². The lowest BCUT2D eigenvalue weighted by Crippen LogP contribution is -2.44. The van der Waals surface area contributed by atoms with Crippen LogP contribution in [0.3, 0.4) is 0 Å². The predicted molar refractivity (Wildman–Crippen MR) is 111 cm³/mol. The van der Waals surface area contributed by atoms with E-state index in [4.69, 9.17) is 0 Å². The minimum absolute atomic E-state index is 0.131. The highest BCUT2D eigenvalue weighted by molar-refractivity contribution is 7.89. The number of sulfonamides is 1. The van der Waals surface area contributed by atoms with Crippen LogP contribution in [0.2, 0.25) is 0 Å². The molecule has 1 atom stereocenters. The molecule has 1 saturated heterocycles. The van der Waals surface area contributed by atoms with Crippen LogP contribution in [0.15, 0.2) is 53.4 Å². The minimum atomic E-state index is -3.69. The number of rotatable bonds is 6. The number of hydrogen-bond donors (Lipinski definition) is 0. The number of likely N-dealkylation sites (N-methyl/N-ethyl adjacent to an activating group) is 1. The van der Waals surface area contributed by atoms with E-state index in [1.54, 1.807) is 18.2 Å². The van der Waals surface area contributed by atoms with Crippen LogP contribution in [0, 0.1) is 13.8 Å². The van der Waals surface area contributed by atoms with E-state index in [1.807, 2.05) is 36.9 Å². The summed E-state index contributed by atoms with van der Waals surface area (Å²) in [6.07, 6.45) is 2.71. The summed E-state index contributed by atoms with van der Waals surface area (Å²) in [6, 6.07) is 15.3. The summed E-state index contributed by atoms with van der Waals surface area (Å²) in [5, 5.41) is 0. The highest BCUT2D eigenvalue weighted by Gasteiger charge is 2.31. The molecule has 28 heavy (non-hydrogen) atoms. The van der Waals surface area contributed by atoms with Gasteiger partial charge >= 0.3 is 0 Å². The van der Waals surface area contributed by atoms with Gasteiger partial charge in [0, 0.05) is 19.6 Å². The topological polar surface area (TPSA) is 57.7 Å². The SMILES string of the molecule is Cc1ccc(S(=O)(=O)N(C)CC(=O)N2CCCC2Cc2ccccc2)cc1C.